The van der Waals surface area contributed by atoms with E-state index >= 15 is 0 Å². The molecule has 96 valence electrons. The quantitative estimate of drug-likeness (QED) is 0.754. The van der Waals surface area contributed by atoms with Crippen LogP contribution in [-0.4, -0.2) is 28.3 Å². The Bertz CT molecular complexity index is 418. The maximum absolute atomic E-state index is 11.5. The van der Waals surface area contributed by atoms with Gasteiger partial charge < -0.3 is 0 Å². The molecule has 0 aliphatic rings. The minimum absolute atomic E-state index is 0.219. The predicted octanol–water partition coefficient (Wildman–Crippen LogP) is 2.24. The van der Waals surface area contributed by atoms with Gasteiger partial charge >= 0.3 is 0 Å². The van der Waals surface area contributed by atoms with Gasteiger partial charge in [-0.2, -0.15) is 0 Å². The highest BCUT2D eigenvalue weighted by atomic mass is 35.5. The van der Waals surface area contributed by atoms with Gasteiger partial charge in [-0.3, -0.25) is 0 Å². The molecule has 0 amide bonds. The number of sulfone groups is 2. The second kappa shape index (κ2) is 6.23. The van der Waals surface area contributed by atoms with E-state index in [0.29, 0.717) is 12.8 Å². The Morgan fingerprint density at radius 3 is 1.25 bits per heavy atom. The van der Waals surface area contributed by atoms with Gasteiger partial charge in [-0.1, -0.05) is 37.0 Å². The van der Waals surface area contributed by atoms with E-state index in [0.717, 1.165) is 0 Å². The molecule has 0 aliphatic carbocycles. The van der Waals surface area contributed by atoms with Crippen LogP contribution in [0, 0.1) is 0 Å². The normalized spacial score (nSPS) is 14.8. The van der Waals surface area contributed by atoms with Crippen LogP contribution in [0.25, 0.3) is 0 Å². The third-order valence-corrected chi connectivity index (χ3v) is 7.28. The summed E-state index contributed by atoms with van der Waals surface area (Å²) in [7, 11) is -7.55. The lowest BCUT2D eigenvalue weighted by Crippen LogP contribution is -2.12. The molecule has 0 saturated carbocycles. The first kappa shape index (κ1) is 16.2. The van der Waals surface area contributed by atoms with Gasteiger partial charge in [-0.25, -0.2) is 16.8 Å². The average Bonchev–Trinajstić information content (AvgIpc) is 2.15. The Hall–Kier alpha value is 0.220. The van der Waals surface area contributed by atoms with E-state index in [1.54, 1.807) is 13.8 Å². The Balaban J connectivity index is 5.44. The van der Waals surface area contributed by atoms with Gasteiger partial charge in [0, 0.05) is 0 Å². The monoisotopic (exact) mass is 308 g/mol. The smallest absolute Gasteiger partial charge is 0.191 e. The molecule has 0 fully saturated rings. The molecule has 0 atom stereocenters. The highest BCUT2D eigenvalue weighted by molar-refractivity contribution is 8.01. The molecular formula is C8H14Cl2O4S2. The molecule has 0 radical (unpaired) electrons. The second-order valence-corrected chi connectivity index (χ2v) is 8.48. The van der Waals surface area contributed by atoms with Crippen LogP contribution in [0.5, 0.6) is 0 Å². The molecule has 0 heterocycles. The van der Waals surface area contributed by atoms with Gasteiger partial charge in [0.25, 0.3) is 0 Å². The van der Waals surface area contributed by atoms with Crippen LogP contribution in [0.4, 0.5) is 0 Å². The molecule has 16 heavy (non-hydrogen) atoms. The summed E-state index contributed by atoms with van der Waals surface area (Å²) >= 11 is 11.0. The van der Waals surface area contributed by atoms with Gasteiger partial charge in [-0.15, -0.1) is 0 Å². The lowest BCUT2D eigenvalue weighted by atomic mass is 10.6. The molecule has 0 aromatic heterocycles. The lowest BCUT2D eigenvalue weighted by molar-refractivity contribution is 0.598. The predicted molar refractivity (Wildman–Crippen MR) is 66.9 cm³/mol. The molecule has 0 unspecified atom stereocenters. The molecule has 0 aliphatic heterocycles. The van der Waals surface area contributed by atoms with Gasteiger partial charge in [-0.05, 0) is 12.8 Å². The van der Waals surface area contributed by atoms with Crippen LogP contribution in [0.1, 0.15) is 26.7 Å². The number of rotatable bonds is 6. The largest absolute Gasteiger partial charge is 0.223 e. The fraction of sp³-hybridized carbons (Fsp3) is 0.750. The molecular weight excluding hydrogens is 295 g/mol. The maximum Gasteiger partial charge on any atom is 0.191 e. The Morgan fingerprint density at radius 1 is 0.812 bits per heavy atom. The van der Waals surface area contributed by atoms with Crippen molar-refractivity contribution < 1.29 is 16.8 Å². The van der Waals surface area contributed by atoms with Gasteiger partial charge in [0.1, 0.15) is 0 Å². The summed E-state index contributed by atoms with van der Waals surface area (Å²) in [5.74, 6) is -0.437. The summed E-state index contributed by atoms with van der Waals surface area (Å²) in [5.41, 5.74) is 0. The zero-order valence-corrected chi connectivity index (χ0v) is 12.2. The lowest BCUT2D eigenvalue weighted by Gasteiger charge is -2.05. The van der Waals surface area contributed by atoms with Crippen molar-refractivity contribution in [2.45, 2.75) is 26.7 Å². The Kier molecular flexibility index (Phi) is 6.32. The minimum atomic E-state index is -3.78. The van der Waals surface area contributed by atoms with Crippen molar-refractivity contribution >= 4 is 42.9 Å². The third-order valence-electron chi connectivity index (χ3n) is 1.65. The first-order valence-electron chi connectivity index (χ1n) is 4.69. The molecule has 0 aromatic carbocycles. The van der Waals surface area contributed by atoms with E-state index in [2.05, 4.69) is 0 Å². The molecule has 0 spiro atoms. The zero-order valence-electron chi connectivity index (χ0n) is 9.03. The van der Waals surface area contributed by atoms with Crippen LogP contribution in [0.2, 0.25) is 0 Å². The summed E-state index contributed by atoms with van der Waals surface area (Å²) in [6.07, 6.45) is 0.688. The van der Waals surface area contributed by atoms with E-state index in [9.17, 15) is 16.8 Å². The first-order chi connectivity index (χ1) is 7.19. The fourth-order valence-electron chi connectivity index (χ4n) is 0.961. The van der Waals surface area contributed by atoms with Crippen LogP contribution in [0.15, 0.2) is 8.73 Å². The maximum atomic E-state index is 11.5. The molecule has 0 rings (SSSR count). The van der Waals surface area contributed by atoms with Crippen LogP contribution in [0.3, 0.4) is 0 Å². The Labute approximate surface area is 106 Å². The van der Waals surface area contributed by atoms with E-state index in [-0.39, 0.29) is 11.5 Å². The first-order valence-corrected chi connectivity index (χ1v) is 8.75. The number of hydrogen-bond donors (Lipinski definition) is 0. The summed E-state index contributed by atoms with van der Waals surface area (Å²) < 4.78 is 44.4. The molecule has 0 bridgehead atoms. The van der Waals surface area contributed by atoms with Crippen molar-refractivity contribution in [1.82, 2.24) is 0 Å². The van der Waals surface area contributed by atoms with E-state index < -0.39 is 28.4 Å². The highest BCUT2D eigenvalue weighted by Crippen LogP contribution is 2.26. The van der Waals surface area contributed by atoms with Crippen molar-refractivity contribution in [3.63, 3.8) is 0 Å². The van der Waals surface area contributed by atoms with Crippen molar-refractivity contribution in [2.75, 3.05) is 11.5 Å². The van der Waals surface area contributed by atoms with Crippen molar-refractivity contribution in [1.29, 1.82) is 0 Å². The van der Waals surface area contributed by atoms with E-state index in [4.69, 9.17) is 23.2 Å². The number of hydrogen-bond acceptors (Lipinski definition) is 4. The zero-order chi connectivity index (χ0) is 13.0. The second-order valence-electron chi connectivity index (χ2n) is 3.19. The highest BCUT2D eigenvalue weighted by Gasteiger charge is 2.26. The average molecular weight is 309 g/mol. The molecule has 0 aromatic rings. The van der Waals surface area contributed by atoms with Crippen molar-refractivity contribution in [3.8, 4) is 0 Å². The van der Waals surface area contributed by atoms with Gasteiger partial charge in [0.05, 0.1) is 11.5 Å². The third kappa shape index (κ3) is 4.24. The summed E-state index contributed by atoms with van der Waals surface area (Å²) in [6, 6.07) is 0. The van der Waals surface area contributed by atoms with E-state index in [1.807, 2.05) is 0 Å². The fourth-order valence-corrected chi connectivity index (χ4v) is 4.81. The molecule has 0 N–H and O–H groups in total. The summed E-state index contributed by atoms with van der Waals surface area (Å²) in [6.45, 7) is 3.30. The standard InChI is InChI=1S/C8H14Cl2O4S2/c1-3-5-15(11,12)7(9)8(10)16(13,14)6-4-2/h3-6H2,1-2H3/b8-7+. The SMILES string of the molecule is CCCS(=O)(=O)/C(Cl)=C(\Cl)S(=O)(=O)CCC. The van der Waals surface area contributed by atoms with Gasteiger partial charge in [0.2, 0.25) is 0 Å². The van der Waals surface area contributed by atoms with Crippen LogP contribution < -0.4 is 0 Å². The Morgan fingerprint density at radius 2 is 1.06 bits per heavy atom. The topological polar surface area (TPSA) is 68.3 Å². The van der Waals surface area contributed by atoms with Crippen molar-refractivity contribution in [2.24, 2.45) is 0 Å². The van der Waals surface area contributed by atoms with Crippen LogP contribution >= 0.6 is 23.2 Å². The minimum Gasteiger partial charge on any atom is -0.223 e. The van der Waals surface area contributed by atoms with Crippen molar-refractivity contribution in [3.05, 3.63) is 8.73 Å². The van der Waals surface area contributed by atoms with Gasteiger partial charge in [0.15, 0.2) is 28.4 Å². The summed E-state index contributed by atoms with van der Waals surface area (Å²) in [5, 5.41) is 0. The molecule has 8 heteroatoms. The summed E-state index contributed by atoms with van der Waals surface area (Å²) in [4.78, 5) is 0. The molecule has 0 saturated heterocycles. The number of halogens is 2. The van der Waals surface area contributed by atoms with Crippen LogP contribution in [-0.2, 0) is 19.7 Å². The molecule has 4 nitrogen and oxygen atoms in total. The van der Waals surface area contributed by atoms with E-state index in [1.165, 1.54) is 0 Å².